The standard InChI is InChI=1S/C32H31FN4O5S2/c1-3-5-6-17-42-24-12-9-22(18-25(24)41-4-2)27-26(28(38)21-13-15-34-16-14-21)29(39)30(40)37(27)31-35-36-32(44-31)43-19-20-7-10-23(33)11-8-20/h7-16,18,27,38H,3-6,17,19H2,1-2H3. The van der Waals surface area contributed by atoms with Gasteiger partial charge < -0.3 is 14.6 Å². The lowest BCUT2D eigenvalue weighted by molar-refractivity contribution is -0.132. The number of unbranched alkanes of at least 4 members (excludes halogenated alkanes) is 2. The second kappa shape index (κ2) is 14.5. The molecule has 3 heterocycles. The predicted octanol–water partition coefficient (Wildman–Crippen LogP) is 6.96. The van der Waals surface area contributed by atoms with Crippen LogP contribution in [-0.2, 0) is 15.3 Å². The summed E-state index contributed by atoms with van der Waals surface area (Å²) in [5, 5.41) is 20.1. The van der Waals surface area contributed by atoms with Gasteiger partial charge >= 0.3 is 5.91 Å². The number of hydrogen-bond acceptors (Lipinski definition) is 10. The molecule has 0 aliphatic carbocycles. The zero-order valence-corrected chi connectivity index (χ0v) is 25.9. The fraction of sp³-hybridized carbons (Fsp3) is 0.281. The Labute approximate surface area is 262 Å². The van der Waals surface area contributed by atoms with Crippen molar-refractivity contribution < 1.29 is 28.6 Å². The Morgan fingerprint density at radius 2 is 1.77 bits per heavy atom. The highest BCUT2D eigenvalue weighted by Gasteiger charge is 2.48. The summed E-state index contributed by atoms with van der Waals surface area (Å²) in [6, 6.07) is 13.5. The number of hydrogen-bond donors (Lipinski definition) is 1. The number of pyridine rings is 1. The molecule has 0 saturated carbocycles. The minimum absolute atomic E-state index is 0.0871. The van der Waals surface area contributed by atoms with E-state index in [0.29, 0.717) is 45.9 Å². The van der Waals surface area contributed by atoms with Crippen molar-refractivity contribution in [1.29, 1.82) is 0 Å². The molecular formula is C32H31FN4O5S2. The largest absolute Gasteiger partial charge is 0.507 e. The molecule has 5 rings (SSSR count). The van der Waals surface area contributed by atoms with E-state index in [4.69, 9.17) is 9.47 Å². The van der Waals surface area contributed by atoms with Crippen LogP contribution in [0.3, 0.4) is 0 Å². The van der Waals surface area contributed by atoms with Crippen LogP contribution in [0.1, 0.15) is 55.8 Å². The highest BCUT2D eigenvalue weighted by molar-refractivity contribution is 8.00. The van der Waals surface area contributed by atoms with Crippen LogP contribution in [0.2, 0.25) is 0 Å². The van der Waals surface area contributed by atoms with Crippen LogP contribution in [-0.4, -0.2) is 45.2 Å². The second-order valence-corrected chi connectivity index (χ2v) is 12.0. The van der Waals surface area contributed by atoms with Gasteiger partial charge in [0.25, 0.3) is 5.78 Å². The number of rotatable bonds is 13. The van der Waals surface area contributed by atoms with Gasteiger partial charge in [0.1, 0.15) is 11.6 Å². The van der Waals surface area contributed by atoms with Gasteiger partial charge in [-0.1, -0.05) is 61.1 Å². The number of aliphatic hydroxyl groups is 1. The number of benzene rings is 2. The smallest absolute Gasteiger partial charge is 0.301 e. The number of carbonyl (C=O) groups is 2. The van der Waals surface area contributed by atoms with Crippen molar-refractivity contribution in [3.05, 3.63) is 95.1 Å². The van der Waals surface area contributed by atoms with Crippen molar-refractivity contribution in [1.82, 2.24) is 15.2 Å². The third-order valence-electron chi connectivity index (χ3n) is 6.86. The van der Waals surface area contributed by atoms with Crippen molar-refractivity contribution in [2.45, 2.75) is 49.2 Å². The SMILES string of the molecule is CCCCCOc1ccc(C2C(=C(O)c3ccncc3)C(=O)C(=O)N2c2nnc(SCc3ccc(F)cc3)s2)cc1OCC. The Morgan fingerprint density at radius 1 is 1.00 bits per heavy atom. The first kappa shape index (κ1) is 31.1. The maximum absolute atomic E-state index is 13.6. The lowest BCUT2D eigenvalue weighted by Crippen LogP contribution is -2.29. The van der Waals surface area contributed by atoms with E-state index in [1.165, 1.54) is 41.2 Å². The van der Waals surface area contributed by atoms with Crippen LogP contribution in [0.4, 0.5) is 9.52 Å². The average molecular weight is 635 g/mol. The molecule has 1 amide bonds. The highest BCUT2D eigenvalue weighted by atomic mass is 32.2. The van der Waals surface area contributed by atoms with Crippen LogP contribution >= 0.6 is 23.1 Å². The van der Waals surface area contributed by atoms with Crippen molar-refractivity contribution in [3.8, 4) is 11.5 Å². The molecule has 1 saturated heterocycles. The summed E-state index contributed by atoms with van der Waals surface area (Å²) in [6.07, 6.45) is 5.99. The van der Waals surface area contributed by atoms with Gasteiger partial charge in [-0.05, 0) is 60.9 Å². The Kier molecular flexibility index (Phi) is 10.2. The van der Waals surface area contributed by atoms with Gasteiger partial charge in [0, 0.05) is 23.7 Å². The van der Waals surface area contributed by atoms with Gasteiger partial charge in [-0.15, -0.1) is 10.2 Å². The molecule has 0 radical (unpaired) electrons. The molecule has 1 fully saturated rings. The van der Waals surface area contributed by atoms with Crippen molar-refractivity contribution >= 4 is 45.7 Å². The number of ether oxygens (including phenoxy) is 2. The molecule has 1 N–H and O–H groups in total. The molecule has 0 bridgehead atoms. The maximum atomic E-state index is 13.6. The van der Waals surface area contributed by atoms with Gasteiger partial charge in [-0.3, -0.25) is 19.5 Å². The number of aliphatic hydroxyl groups excluding tert-OH is 1. The van der Waals surface area contributed by atoms with Gasteiger partial charge in [-0.2, -0.15) is 0 Å². The third-order valence-corrected chi connectivity index (χ3v) is 8.99. The van der Waals surface area contributed by atoms with Gasteiger partial charge in [0.05, 0.1) is 24.8 Å². The Morgan fingerprint density at radius 3 is 2.50 bits per heavy atom. The second-order valence-electron chi connectivity index (χ2n) is 9.87. The minimum Gasteiger partial charge on any atom is -0.507 e. The van der Waals surface area contributed by atoms with E-state index < -0.39 is 17.7 Å². The van der Waals surface area contributed by atoms with E-state index in [2.05, 4.69) is 22.1 Å². The molecule has 0 spiro atoms. The summed E-state index contributed by atoms with van der Waals surface area (Å²) in [7, 11) is 0. The number of ketones is 1. The van der Waals surface area contributed by atoms with Crippen LogP contribution < -0.4 is 14.4 Å². The zero-order chi connectivity index (χ0) is 31.1. The van der Waals surface area contributed by atoms with Crippen molar-refractivity contribution in [3.63, 3.8) is 0 Å². The zero-order valence-electron chi connectivity index (χ0n) is 24.2. The minimum atomic E-state index is -1.01. The van der Waals surface area contributed by atoms with Gasteiger partial charge in [0.2, 0.25) is 5.13 Å². The van der Waals surface area contributed by atoms with Gasteiger partial charge in [0.15, 0.2) is 15.8 Å². The van der Waals surface area contributed by atoms with Gasteiger partial charge in [-0.25, -0.2) is 4.39 Å². The first-order valence-corrected chi connectivity index (χ1v) is 16.0. The van der Waals surface area contributed by atoms with Crippen LogP contribution in [0.5, 0.6) is 11.5 Å². The topological polar surface area (TPSA) is 115 Å². The van der Waals surface area contributed by atoms with Crippen molar-refractivity contribution in [2.75, 3.05) is 18.1 Å². The summed E-state index contributed by atoms with van der Waals surface area (Å²) in [5.41, 5.74) is 1.68. The molecule has 228 valence electrons. The summed E-state index contributed by atoms with van der Waals surface area (Å²) < 4.78 is 25.8. The lowest BCUT2D eigenvalue weighted by Gasteiger charge is -2.23. The predicted molar refractivity (Wildman–Crippen MR) is 168 cm³/mol. The Balaban J connectivity index is 1.53. The number of anilines is 1. The molecule has 1 aliphatic heterocycles. The monoisotopic (exact) mass is 634 g/mol. The highest BCUT2D eigenvalue weighted by Crippen LogP contribution is 2.45. The van der Waals surface area contributed by atoms with Crippen LogP contribution in [0, 0.1) is 5.82 Å². The Hall–Kier alpha value is -4.29. The number of nitrogens with zero attached hydrogens (tertiary/aromatic N) is 4. The summed E-state index contributed by atoms with van der Waals surface area (Å²) in [5.74, 6) is -0.810. The number of carbonyl (C=O) groups excluding carboxylic acids is 2. The molecule has 44 heavy (non-hydrogen) atoms. The average Bonchev–Trinajstić information content (AvgIpc) is 3.61. The first-order valence-electron chi connectivity index (χ1n) is 14.2. The molecule has 9 nitrogen and oxygen atoms in total. The van der Waals surface area contributed by atoms with E-state index in [1.54, 1.807) is 42.5 Å². The number of thioether (sulfide) groups is 1. The fourth-order valence-corrected chi connectivity index (χ4v) is 6.53. The van der Waals surface area contributed by atoms with E-state index in [1.807, 2.05) is 6.92 Å². The van der Waals surface area contributed by atoms with E-state index in [0.717, 1.165) is 36.2 Å². The fourth-order valence-electron chi connectivity index (χ4n) is 4.71. The molecule has 1 aliphatic rings. The molecule has 4 aromatic rings. The summed E-state index contributed by atoms with van der Waals surface area (Å²) in [6.45, 7) is 4.87. The lowest BCUT2D eigenvalue weighted by atomic mass is 9.95. The molecule has 2 aromatic carbocycles. The van der Waals surface area contributed by atoms with Crippen LogP contribution in [0.15, 0.2) is 76.9 Å². The first-order chi connectivity index (χ1) is 21.4. The van der Waals surface area contributed by atoms with E-state index in [-0.39, 0.29) is 22.3 Å². The third kappa shape index (κ3) is 6.92. The number of Topliss-reactive ketones (excluding diaryl/α,β-unsaturated/α-hetero) is 1. The number of aromatic nitrogens is 3. The molecule has 1 unspecified atom stereocenters. The van der Waals surface area contributed by atoms with E-state index in [9.17, 15) is 19.1 Å². The normalized spacial score (nSPS) is 16.0. The summed E-state index contributed by atoms with van der Waals surface area (Å²) in [4.78, 5) is 32.4. The quantitative estimate of drug-likeness (QED) is 0.0416. The van der Waals surface area contributed by atoms with Crippen LogP contribution in [0.25, 0.3) is 5.76 Å². The molecule has 12 heteroatoms. The number of amides is 1. The molecule has 1 atom stereocenters. The Bertz CT molecular complexity index is 1650. The van der Waals surface area contributed by atoms with Crippen molar-refractivity contribution in [2.24, 2.45) is 0 Å². The summed E-state index contributed by atoms with van der Waals surface area (Å²) >= 11 is 2.53. The maximum Gasteiger partial charge on any atom is 0.301 e. The molecule has 2 aromatic heterocycles. The molecular weight excluding hydrogens is 604 g/mol. The number of halogens is 1. The van der Waals surface area contributed by atoms with E-state index >= 15 is 0 Å².